The molecule has 0 aliphatic carbocycles. The topological polar surface area (TPSA) is 81.9 Å². The number of methoxy groups -OCH3 is 2. The Balaban J connectivity index is 1.93. The van der Waals surface area contributed by atoms with Crippen molar-refractivity contribution in [3.63, 3.8) is 0 Å². The van der Waals surface area contributed by atoms with Crippen LogP contribution >= 0.6 is 23.4 Å². The Morgan fingerprint density at radius 3 is 2.44 bits per heavy atom. The Labute approximate surface area is 165 Å². The minimum Gasteiger partial charge on any atom is -0.497 e. The molecule has 0 bridgehead atoms. The van der Waals surface area contributed by atoms with E-state index < -0.39 is 4.92 Å². The van der Waals surface area contributed by atoms with Gasteiger partial charge in [0.15, 0.2) is 0 Å². The highest BCUT2D eigenvalue weighted by Crippen LogP contribution is 2.42. The maximum atomic E-state index is 13.0. The van der Waals surface area contributed by atoms with Gasteiger partial charge in [-0.25, -0.2) is 0 Å². The fourth-order valence-electron chi connectivity index (χ4n) is 2.87. The third kappa shape index (κ3) is 3.96. The fraction of sp³-hybridized carbons (Fsp3) is 0.278. The smallest absolute Gasteiger partial charge is 0.270 e. The van der Waals surface area contributed by atoms with Crippen LogP contribution in [0.1, 0.15) is 21.3 Å². The Hall–Kier alpha value is -2.45. The van der Waals surface area contributed by atoms with Crippen LogP contribution in [0.2, 0.25) is 5.02 Å². The van der Waals surface area contributed by atoms with Crippen molar-refractivity contribution in [3.8, 4) is 11.5 Å². The number of thioether (sulfide) groups is 1. The van der Waals surface area contributed by atoms with Gasteiger partial charge < -0.3 is 14.4 Å². The largest absolute Gasteiger partial charge is 0.497 e. The highest BCUT2D eigenvalue weighted by atomic mass is 35.5. The molecule has 3 rings (SSSR count). The molecular weight excluding hydrogens is 392 g/mol. The first kappa shape index (κ1) is 19.3. The summed E-state index contributed by atoms with van der Waals surface area (Å²) < 4.78 is 10.6. The number of carbonyl (C=O) groups is 1. The number of rotatable bonds is 5. The zero-order valence-electron chi connectivity index (χ0n) is 14.7. The van der Waals surface area contributed by atoms with Crippen molar-refractivity contribution in [1.82, 2.24) is 4.90 Å². The summed E-state index contributed by atoms with van der Waals surface area (Å²) in [6, 6.07) is 9.37. The van der Waals surface area contributed by atoms with Crippen LogP contribution < -0.4 is 9.47 Å². The van der Waals surface area contributed by atoms with Crippen molar-refractivity contribution in [2.24, 2.45) is 0 Å². The average molecular weight is 409 g/mol. The number of nitrogens with zero attached hydrogens (tertiary/aromatic N) is 2. The molecule has 0 N–H and O–H groups in total. The number of non-ortho nitro benzene ring substituents is 1. The minimum absolute atomic E-state index is 0.0630. The van der Waals surface area contributed by atoms with Crippen LogP contribution in [0, 0.1) is 10.1 Å². The van der Waals surface area contributed by atoms with Crippen LogP contribution in [-0.2, 0) is 0 Å². The summed E-state index contributed by atoms with van der Waals surface area (Å²) in [6.07, 6.45) is 0. The van der Waals surface area contributed by atoms with Gasteiger partial charge in [-0.2, -0.15) is 0 Å². The highest BCUT2D eigenvalue weighted by molar-refractivity contribution is 7.99. The molecule has 1 amide bonds. The first-order chi connectivity index (χ1) is 12.9. The number of nitro groups is 1. The van der Waals surface area contributed by atoms with Crippen LogP contribution in [0.3, 0.4) is 0 Å². The van der Waals surface area contributed by atoms with E-state index in [-0.39, 0.29) is 27.6 Å². The van der Waals surface area contributed by atoms with Gasteiger partial charge in [0.25, 0.3) is 11.6 Å². The molecule has 1 atom stereocenters. The quantitative estimate of drug-likeness (QED) is 0.546. The minimum atomic E-state index is -0.544. The molecule has 27 heavy (non-hydrogen) atoms. The maximum absolute atomic E-state index is 13.0. The number of nitro benzene ring substituents is 1. The van der Waals surface area contributed by atoms with Crippen molar-refractivity contribution in [2.45, 2.75) is 5.37 Å². The van der Waals surface area contributed by atoms with E-state index in [9.17, 15) is 14.9 Å². The lowest BCUT2D eigenvalue weighted by Gasteiger charge is -2.25. The van der Waals surface area contributed by atoms with Gasteiger partial charge in [-0.05, 0) is 23.8 Å². The van der Waals surface area contributed by atoms with Crippen LogP contribution in [0.15, 0.2) is 36.4 Å². The molecule has 9 heteroatoms. The molecule has 0 unspecified atom stereocenters. The van der Waals surface area contributed by atoms with Crippen molar-refractivity contribution >= 4 is 35.0 Å². The van der Waals surface area contributed by atoms with Crippen LogP contribution in [0.5, 0.6) is 11.5 Å². The molecule has 142 valence electrons. The van der Waals surface area contributed by atoms with E-state index in [0.29, 0.717) is 18.0 Å². The van der Waals surface area contributed by atoms with Gasteiger partial charge in [0.2, 0.25) is 0 Å². The average Bonchev–Trinajstić information content (AvgIpc) is 3.16. The summed E-state index contributed by atoms with van der Waals surface area (Å²) in [6.45, 7) is 0.543. The van der Waals surface area contributed by atoms with Crippen molar-refractivity contribution < 1.29 is 19.2 Å². The SMILES string of the molecule is COc1cc(OC)cc([C@@H]2SCCN2C(=O)c2ccc([N+](=O)[O-])cc2Cl)c1. The molecule has 0 aromatic heterocycles. The lowest BCUT2D eigenvalue weighted by Crippen LogP contribution is -2.30. The first-order valence-electron chi connectivity index (χ1n) is 8.04. The van der Waals surface area contributed by atoms with Gasteiger partial charge in [0.05, 0.1) is 29.7 Å². The number of ether oxygens (including phenoxy) is 2. The van der Waals surface area contributed by atoms with Crippen molar-refractivity contribution in [1.29, 1.82) is 0 Å². The lowest BCUT2D eigenvalue weighted by molar-refractivity contribution is -0.384. The Bertz CT molecular complexity index is 870. The fourth-order valence-corrected chi connectivity index (χ4v) is 4.36. The summed E-state index contributed by atoms with van der Waals surface area (Å²) in [5.41, 5.74) is 0.964. The van der Waals surface area contributed by atoms with E-state index in [0.717, 1.165) is 11.3 Å². The second kappa shape index (κ2) is 8.06. The molecule has 1 aliphatic rings. The molecule has 0 radical (unpaired) electrons. The molecule has 1 saturated heterocycles. The van der Waals surface area contributed by atoms with E-state index in [4.69, 9.17) is 21.1 Å². The van der Waals surface area contributed by atoms with Gasteiger partial charge in [0, 0.05) is 30.5 Å². The molecule has 1 aliphatic heterocycles. The van der Waals surface area contributed by atoms with E-state index in [2.05, 4.69) is 0 Å². The monoisotopic (exact) mass is 408 g/mol. The molecule has 7 nitrogen and oxygen atoms in total. The maximum Gasteiger partial charge on any atom is 0.270 e. The summed E-state index contributed by atoms with van der Waals surface area (Å²) in [4.78, 5) is 25.1. The van der Waals surface area contributed by atoms with Crippen LogP contribution in [-0.4, -0.2) is 42.2 Å². The van der Waals surface area contributed by atoms with Crippen molar-refractivity contribution in [2.75, 3.05) is 26.5 Å². The number of amides is 1. The second-order valence-corrected chi connectivity index (χ2v) is 7.38. The summed E-state index contributed by atoms with van der Waals surface area (Å²) in [5.74, 6) is 1.77. The Kier molecular flexibility index (Phi) is 5.76. The third-order valence-corrected chi connectivity index (χ3v) is 5.78. The van der Waals surface area contributed by atoms with Gasteiger partial charge >= 0.3 is 0 Å². The van der Waals surface area contributed by atoms with E-state index in [1.54, 1.807) is 36.9 Å². The number of halogens is 1. The lowest BCUT2D eigenvalue weighted by atomic mass is 10.1. The molecule has 2 aromatic carbocycles. The summed E-state index contributed by atoms with van der Waals surface area (Å²) in [5, 5.41) is 10.7. The van der Waals surface area contributed by atoms with Gasteiger partial charge in [-0.3, -0.25) is 14.9 Å². The van der Waals surface area contributed by atoms with Gasteiger partial charge in [-0.15, -0.1) is 11.8 Å². The van der Waals surface area contributed by atoms with Crippen LogP contribution in [0.4, 0.5) is 5.69 Å². The number of carbonyl (C=O) groups excluding carboxylic acids is 1. The predicted octanol–water partition coefficient (Wildman–Crippen LogP) is 4.15. The number of benzene rings is 2. The van der Waals surface area contributed by atoms with E-state index in [1.165, 1.54) is 18.2 Å². The van der Waals surface area contributed by atoms with E-state index >= 15 is 0 Å². The zero-order chi connectivity index (χ0) is 19.6. The standard InChI is InChI=1S/C18H17ClN2O5S/c1-25-13-7-11(8-14(10-13)26-2)18-20(5-6-27-18)17(22)15-4-3-12(21(23)24)9-16(15)19/h3-4,7-10,18H,5-6H2,1-2H3/t18-/m0/s1. The zero-order valence-corrected chi connectivity index (χ0v) is 16.2. The van der Waals surface area contributed by atoms with Crippen molar-refractivity contribution in [3.05, 3.63) is 62.7 Å². The Morgan fingerprint density at radius 1 is 1.22 bits per heavy atom. The molecule has 2 aromatic rings. The molecular formula is C18H17ClN2O5S. The van der Waals surface area contributed by atoms with Crippen LogP contribution in [0.25, 0.3) is 0 Å². The predicted molar refractivity (Wildman–Crippen MR) is 104 cm³/mol. The van der Waals surface area contributed by atoms with Gasteiger partial charge in [-0.1, -0.05) is 11.6 Å². The third-order valence-electron chi connectivity index (χ3n) is 4.20. The highest BCUT2D eigenvalue weighted by Gasteiger charge is 2.33. The normalized spacial score (nSPS) is 16.3. The molecule has 1 heterocycles. The first-order valence-corrected chi connectivity index (χ1v) is 9.46. The number of hydrogen-bond acceptors (Lipinski definition) is 6. The van der Waals surface area contributed by atoms with Gasteiger partial charge in [0.1, 0.15) is 16.9 Å². The Morgan fingerprint density at radius 2 is 1.89 bits per heavy atom. The molecule has 1 fully saturated rings. The number of hydrogen-bond donors (Lipinski definition) is 0. The summed E-state index contributed by atoms with van der Waals surface area (Å²) in [7, 11) is 3.14. The summed E-state index contributed by atoms with van der Waals surface area (Å²) >= 11 is 7.76. The van der Waals surface area contributed by atoms with E-state index in [1.807, 2.05) is 12.1 Å². The molecule has 0 spiro atoms. The second-order valence-electron chi connectivity index (χ2n) is 5.79. The molecule has 0 saturated carbocycles.